The van der Waals surface area contributed by atoms with E-state index in [1.807, 2.05) is 0 Å². The molecule has 0 rings (SSSR count). The van der Waals surface area contributed by atoms with E-state index < -0.39 is 10.2 Å². The van der Waals surface area contributed by atoms with Crippen molar-refractivity contribution in [2.75, 3.05) is 0 Å². The van der Waals surface area contributed by atoms with E-state index in [1.165, 1.54) is 0 Å². The van der Waals surface area contributed by atoms with Crippen molar-refractivity contribution in [1.29, 1.82) is 0 Å². The Kier molecular flexibility index (Phi) is 17.6. The number of nitrogens with zero attached hydrogens (tertiary/aromatic N) is 2. The molecular weight excluding hydrogens is 316 g/mol. The second-order valence-electron chi connectivity index (χ2n) is 0.447. The van der Waals surface area contributed by atoms with Crippen molar-refractivity contribution in [2.24, 2.45) is 0 Å². The van der Waals surface area contributed by atoms with Gasteiger partial charge in [-0.05, 0) is 0 Å². The molecular formula is IrN2O6-2. The molecule has 0 saturated carbocycles. The fraction of sp³-hybridized carbons (Fsp3) is 0. The maximum atomic E-state index is 8.25. The topological polar surface area (TPSA) is 132 Å². The molecule has 0 fully saturated rings. The van der Waals surface area contributed by atoms with Gasteiger partial charge in [0, 0.05) is 20.1 Å². The van der Waals surface area contributed by atoms with Gasteiger partial charge in [0.1, 0.15) is 0 Å². The third-order valence-electron chi connectivity index (χ3n) is 0. The molecule has 0 unspecified atom stereocenters. The second kappa shape index (κ2) is 10.1. The van der Waals surface area contributed by atoms with Gasteiger partial charge in [-0.15, -0.1) is 0 Å². The van der Waals surface area contributed by atoms with Crippen LogP contribution in [0.2, 0.25) is 0 Å². The summed E-state index contributed by atoms with van der Waals surface area (Å²) in [6, 6.07) is 0. The van der Waals surface area contributed by atoms with Gasteiger partial charge < -0.3 is 30.6 Å². The van der Waals surface area contributed by atoms with Crippen molar-refractivity contribution in [3.05, 3.63) is 30.6 Å². The van der Waals surface area contributed by atoms with E-state index in [1.54, 1.807) is 0 Å². The van der Waals surface area contributed by atoms with Crippen LogP contribution in [-0.4, -0.2) is 10.2 Å². The van der Waals surface area contributed by atoms with Crippen LogP contribution in [0.3, 0.4) is 0 Å². The summed E-state index contributed by atoms with van der Waals surface area (Å²) < 4.78 is 0. The van der Waals surface area contributed by atoms with Crippen LogP contribution < -0.4 is 0 Å². The van der Waals surface area contributed by atoms with Gasteiger partial charge in [-0.3, -0.25) is 0 Å². The summed E-state index contributed by atoms with van der Waals surface area (Å²) in [4.78, 5) is 16.5. The zero-order valence-electron chi connectivity index (χ0n) is 3.68. The molecule has 0 aliphatic heterocycles. The maximum absolute atomic E-state index is 8.25. The van der Waals surface area contributed by atoms with Crippen LogP contribution in [0.4, 0.5) is 0 Å². The first-order valence-electron chi connectivity index (χ1n) is 1.10. The van der Waals surface area contributed by atoms with Gasteiger partial charge in [-0.25, -0.2) is 0 Å². The average Bonchev–Trinajstić information content (AvgIpc) is 1.25. The van der Waals surface area contributed by atoms with Crippen molar-refractivity contribution in [1.82, 2.24) is 0 Å². The van der Waals surface area contributed by atoms with E-state index in [0.717, 1.165) is 0 Å². The van der Waals surface area contributed by atoms with Gasteiger partial charge in [0.25, 0.3) is 0 Å². The molecule has 0 aromatic carbocycles. The predicted molar refractivity (Wildman–Crippen MR) is 20.7 cm³/mol. The quantitative estimate of drug-likeness (QED) is 0.438. The van der Waals surface area contributed by atoms with E-state index in [4.69, 9.17) is 30.6 Å². The Morgan fingerprint density at radius 1 is 0.778 bits per heavy atom. The molecule has 0 amide bonds. The molecule has 0 aliphatic rings. The molecule has 0 spiro atoms. The van der Waals surface area contributed by atoms with Crippen LogP contribution in [-0.2, 0) is 20.1 Å². The van der Waals surface area contributed by atoms with Crippen LogP contribution in [0, 0.1) is 30.6 Å². The van der Waals surface area contributed by atoms with E-state index in [2.05, 4.69) is 0 Å². The molecule has 9 heteroatoms. The van der Waals surface area contributed by atoms with Crippen LogP contribution in [0.1, 0.15) is 0 Å². The van der Waals surface area contributed by atoms with Crippen LogP contribution in [0.15, 0.2) is 0 Å². The minimum atomic E-state index is -1.75. The Morgan fingerprint density at radius 3 is 0.778 bits per heavy atom. The minimum Gasteiger partial charge on any atom is -0.356 e. The Bertz CT molecular complexity index is 69.1. The normalized spacial score (nSPS) is 5.33. The molecule has 9 heavy (non-hydrogen) atoms. The molecule has 0 N–H and O–H groups in total. The SMILES string of the molecule is O=[N+]([O-])[O-].O=[N+]([O-])[O-].[Ir]. The van der Waals surface area contributed by atoms with Crippen molar-refractivity contribution in [3.63, 3.8) is 0 Å². The van der Waals surface area contributed by atoms with Crippen LogP contribution in [0.5, 0.6) is 0 Å². The Labute approximate surface area is 61.7 Å². The van der Waals surface area contributed by atoms with Crippen LogP contribution >= 0.6 is 0 Å². The number of hydrogen-bond donors (Lipinski definition) is 0. The Balaban J connectivity index is -0.0000000720. The van der Waals surface area contributed by atoms with Crippen molar-refractivity contribution >= 4 is 0 Å². The second-order valence-corrected chi connectivity index (χ2v) is 0.447. The first-order valence-corrected chi connectivity index (χ1v) is 1.10. The van der Waals surface area contributed by atoms with Gasteiger partial charge in [0.05, 0.1) is 10.2 Å². The average molecular weight is 316 g/mol. The molecule has 0 bridgehead atoms. The summed E-state index contributed by atoms with van der Waals surface area (Å²) >= 11 is 0. The van der Waals surface area contributed by atoms with E-state index in [-0.39, 0.29) is 20.1 Å². The molecule has 0 aliphatic carbocycles. The first-order chi connectivity index (χ1) is 3.46. The van der Waals surface area contributed by atoms with Gasteiger partial charge in [-0.1, -0.05) is 0 Å². The van der Waals surface area contributed by atoms with Crippen molar-refractivity contribution in [3.8, 4) is 0 Å². The van der Waals surface area contributed by atoms with Crippen molar-refractivity contribution < 1.29 is 30.3 Å². The largest absolute Gasteiger partial charge is 0.356 e. The Hall–Kier alpha value is -0.951. The molecule has 0 saturated heterocycles. The van der Waals surface area contributed by atoms with E-state index in [9.17, 15) is 0 Å². The van der Waals surface area contributed by atoms with Crippen LogP contribution in [0.25, 0.3) is 0 Å². The third kappa shape index (κ3) is 199. The molecule has 0 aromatic rings. The molecule has 0 heterocycles. The third-order valence-corrected chi connectivity index (χ3v) is 0. The summed E-state index contributed by atoms with van der Waals surface area (Å²) in [7, 11) is 0. The fourth-order valence-electron chi connectivity index (χ4n) is 0. The van der Waals surface area contributed by atoms with Gasteiger partial charge in [0.2, 0.25) is 0 Å². The minimum absolute atomic E-state index is 0. The molecule has 0 atom stereocenters. The smallest absolute Gasteiger partial charge is 0.0689 e. The number of hydrogen-bond acceptors (Lipinski definition) is 6. The number of rotatable bonds is 0. The van der Waals surface area contributed by atoms with Gasteiger partial charge >= 0.3 is 0 Å². The maximum Gasteiger partial charge on any atom is 0.0689 e. The summed E-state index contributed by atoms with van der Waals surface area (Å²) in [5.74, 6) is 0. The molecule has 8 nitrogen and oxygen atoms in total. The van der Waals surface area contributed by atoms with E-state index >= 15 is 0 Å². The summed E-state index contributed by atoms with van der Waals surface area (Å²) in [5, 5.41) is 29.5. The van der Waals surface area contributed by atoms with Crippen molar-refractivity contribution in [2.45, 2.75) is 0 Å². The monoisotopic (exact) mass is 317 g/mol. The molecule has 0 aromatic heterocycles. The Morgan fingerprint density at radius 2 is 0.778 bits per heavy atom. The molecule has 57 valence electrons. The summed E-state index contributed by atoms with van der Waals surface area (Å²) in [6.45, 7) is 0. The summed E-state index contributed by atoms with van der Waals surface area (Å²) in [5.41, 5.74) is 0. The van der Waals surface area contributed by atoms with E-state index in [0.29, 0.717) is 0 Å². The van der Waals surface area contributed by atoms with Gasteiger partial charge in [-0.2, -0.15) is 0 Å². The fourth-order valence-corrected chi connectivity index (χ4v) is 0. The first kappa shape index (κ1) is 15.7. The summed E-state index contributed by atoms with van der Waals surface area (Å²) in [6.07, 6.45) is 0. The van der Waals surface area contributed by atoms with Gasteiger partial charge in [0.15, 0.2) is 0 Å². The molecule has 1 radical (unpaired) electrons. The zero-order valence-corrected chi connectivity index (χ0v) is 6.07. The standard InChI is InChI=1S/Ir.2NO3/c;2*2-1(3)4/q;2*-1. The predicted octanol–water partition coefficient (Wildman–Crippen LogP) is -0.481. The zero-order chi connectivity index (χ0) is 7.15.